The minimum atomic E-state index is -3.20. The smallest absolute Gasteiger partial charge is 0.178 e. The molecule has 0 saturated heterocycles. The van der Waals surface area contributed by atoms with Gasteiger partial charge in [-0.15, -0.1) is 0 Å². The molecule has 3 nitrogen and oxygen atoms in total. The first-order valence-electron chi connectivity index (χ1n) is 6.71. The molecular formula is C15H25NO2S. The average Bonchev–Trinajstić information content (AvgIpc) is 2.37. The van der Waals surface area contributed by atoms with Gasteiger partial charge in [-0.1, -0.05) is 39.8 Å². The molecule has 0 fully saturated rings. The van der Waals surface area contributed by atoms with Crippen molar-refractivity contribution in [2.45, 2.75) is 44.9 Å². The van der Waals surface area contributed by atoms with Gasteiger partial charge in [-0.25, -0.2) is 8.42 Å². The van der Waals surface area contributed by atoms with Crippen LogP contribution in [0.25, 0.3) is 0 Å². The van der Waals surface area contributed by atoms with Gasteiger partial charge in [-0.3, -0.25) is 0 Å². The van der Waals surface area contributed by atoms with Crippen LogP contribution in [0.4, 0.5) is 0 Å². The highest BCUT2D eigenvalue weighted by molar-refractivity contribution is 7.91. The molecule has 0 heterocycles. The van der Waals surface area contributed by atoms with E-state index in [1.165, 1.54) is 0 Å². The van der Waals surface area contributed by atoms with Crippen molar-refractivity contribution in [3.05, 3.63) is 29.8 Å². The van der Waals surface area contributed by atoms with E-state index in [1.54, 1.807) is 12.1 Å². The molecule has 0 aliphatic carbocycles. The minimum Gasteiger partial charge on any atom is -0.330 e. The zero-order valence-corrected chi connectivity index (χ0v) is 13.1. The Morgan fingerprint density at radius 2 is 1.68 bits per heavy atom. The van der Waals surface area contributed by atoms with E-state index in [4.69, 9.17) is 5.73 Å². The number of benzene rings is 1. The van der Waals surface area contributed by atoms with Crippen molar-refractivity contribution in [2.75, 3.05) is 12.3 Å². The Morgan fingerprint density at radius 3 is 2.11 bits per heavy atom. The second-order valence-electron chi connectivity index (χ2n) is 6.16. The first kappa shape index (κ1) is 16.2. The minimum absolute atomic E-state index is 0.134. The SMILES string of the molecule is CC(C)c1ccc(S(=O)(=O)CCC(C)(C)CN)cc1. The summed E-state index contributed by atoms with van der Waals surface area (Å²) in [4.78, 5) is 0.407. The normalized spacial score (nSPS) is 12.9. The number of sulfone groups is 1. The molecule has 4 heteroatoms. The second-order valence-corrected chi connectivity index (χ2v) is 8.27. The van der Waals surface area contributed by atoms with Gasteiger partial charge >= 0.3 is 0 Å². The molecule has 19 heavy (non-hydrogen) atoms. The Morgan fingerprint density at radius 1 is 1.16 bits per heavy atom. The zero-order valence-electron chi connectivity index (χ0n) is 12.3. The standard InChI is InChI=1S/C15H25NO2S/c1-12(2)13-5-7-14(8-6-13)19(17,18)10-9-15(3,4)11-16/h5-8,12H,9-11,16H2,1-4H3. The van der Waals surface area contributed by atoms with Crippen molar-refractivity contribution >= 4 is 9.84 Å². The fraction of sp³-hybridized carbons (Fsp3) is 0.600. The van der Waals surface area contributed by atoms with Gasteiger partial charge in [0.2, 0.25) is 0 Å². The maximum absolute atomic E-state index is 12.2. The van der Waals surface area contributed by atoms with Gasteiger partial charge in [0.05, 0.1) is 10.6 Å². The summed E-state index contributed by atoms with van der Waals surface area (Å²) in [5.41, 5.74) is 6.65. The summed E-state index contributed by atoms with van der Waals surface area (Å²) in [6, 6.07) is 7.21. The molecule has 2 N–H and O–H groups in total. The fourth-order valence-electron chi connectivity index (χ4n) is 1.69. The van der Waals surface area contributed by atoms with Gasteiger partial charge in [0.1, 0.15) is 0 Å². The maximum Gasteiger partial charge on any atom is 0.178 e. The molecule has 1 aromatic rings. The van der Waals surface area contributed by atoms with Crippen LogP contribution in [0.5, 0.6) is 0 Å². The van der Waals surface area contributed by atoms with Crippen molar-refractivity contribution in [2.24, 2.45) is 11.1 Å². The highest BCUT2D eigenvalue weighted by Crippen LogP contribution is 2.23. The third kappa shape index (κ3) is 4.62. The van der Waals surface area contributed by atoms with Crippen LogP contribution in [0.3, 0.4) is 0 Å². The van der Waals surface area contributed by atoms with Crippen LogP contribution in [0.15, 0.2) is 29.2 Å². The second kappa shape index (κ2) is 6.06. The van der Waals surface area contributed by atoms with E-state index in [0.29, 0.717) is 23.8 Å². The van der Waals surface area contributed by atoms with Crippen molar-refractivity contribution in [1.82, 2.24) is 0 Å². The van der Waals surface area contributed by atoms with Crippen molar-refractivity contribution in [1.29, 1.82) is 0 Å². The summed E-state index contributed by atoms with van der Waals surface area (Å²) in [6.07, 6.45) is 0.581. The molecule has 0 bridgehead atoms. The van der Waals surface area contributed by atoms with Crippen LogP contribution in [-0.4, -0.2) is 20.7 Å². The predicted molar refractivity (Wildman–Crippen MR) is 80.0 cm³/mol. The molecule has 1 rings (SSSR count). The number of hydrogen-bond donors (Lipinski definition) is 1. The van der Waals surface area contributed by atoms with Gasteiger partial charge in [0.25, 0.3) is 0 Å². The Kier molecular flexibility index (Phi) is 5.16. The number of rotatable bonds is 6. The molecule has 0 aliphatic rings. The van der Waals surface area contributed by atoms with E-state index >= 15 is 0 Å². The molecule has 0 atom stereocenters. The maximum atomic E-state index is 12.2. The van der Waals surface area contributed by atoms with E-state index in [0.717, 1.165) is 5.56 Å². The van der Waals surface area contributed by atoms with E-state index in [2.05, 4.69) is 13.8 Å². The van der Waals surface area contributed by atoms with E-state index in [9.17, 15) is 8.42 Å². The van der Waals surface area contributed by atoms with Crippen LogP contribution >= 0.6 is 0 Å². The van der Waals surface area contributed by atoms with Gasteiger partial charge in [0, 0.05) is 0 Å². The van der Waals surface area contributed by atoms with Crippen molar-refractivity contribution < 1.29 is 8.42 Å². The van der Waals surface area contributed by atoms with Gasteiger partial charge in [-0.05, 0) is 42.0 Å². The highest BCUT2D eigenvalue weighted by atomic mass is 32.2. The molecule has 1 aromatic carbocycles. The van der Waals surface area contributed by atoms with E-state index in [-0.39, 0.29) is 11.2 Å². The summed E-state index contributed by atoms with van der Waals surface area (Å²) in [5, 5.41) is 0. The summed E-state index contributed by atoms with van der Waals surface area (Å²) >= 11 is 0. The summed E-state index contributed by atoms with van der Waals surface area (Å²) in [7, 11) is -3.20. The molecule has 0 aliphatic heterocycles. The van der Waals surface area contributed by atoms with Crippen LogP contribution in [0, 0.1) is 5.41 Å². The van der Waals surface area contributed by atoms with Crippen LogP contribution in [0.1, 0.15) is 45.6 Å². The Hall–Kier alpha value is -0.870. The first-order chi connectivity index (χ1) is 8.68. The summed E-state index contributed by atoms with van der Waals surface area (Å²) in [6.45, 7) is 8.66. The summed E-state index contributed by atoms with van der Waals surface area (Å²) < 4.78 is 24.5. The quantitative estimate of drug-likeness (QED) is 0.873. The fourth-order valence-corrected chi connectivity index (χ4v) is 3.30. The molecule has 0 radical (unpaired) electrons. The average molecular weight is 283 g/mol. The van der Waals surface area contributed by atoms with Gasteiger partial charge in [-0.2, -0.15) is 0 Å². The predicted octanol–water partition coefficient (Wildman–Crippen LogP) is 2.96. The molecule has 108 valence electrons. The zero-order chi connectivity index (χ0) is 14.7. The van der Waals surface area contributed by atoms with Gasteiger partial charge < -0.3 is 5.73 Å². The lowest BCUT2D eigenvalue weighted by Crippen LogP contribution is -2.26. The molecule has 0 unspecified atom stereocenters. The summed E-state index contributed by atoms with van der Waals surface area (Å²) in [5.74, 6) is 0.561. The largest absolute Gasteiger partial charge is 0.330 e. The van der Waals surface area contributed by atoms with E-state index < -0.39 is 9.84 Å². The van der Waals surface area contributed by atoms with Crippen LogP contribution in [0.2, 0.25) is 0 Å². The molecule has 0 saturated carbocycles. The van der Waals surface area contributed by atoms with Crippen LogP contribution < -0.4 is 5.73 Å². The lowest BCUT2D eigenvalue weighted by molar-refractivity contribution is 0.365. The number of hydrogen-bond acceptors (Lipinski definition) is 3. The molecule has 0 amide bonds. The highest BCUT2D eigenvalue weighted by Gasteiger charge is 2.21. The monoisotopic (exact) mass is 283 g/mol. The molecule has 0 aromatic heterocycles. The third-order valence-electron chi connectivity index (χ3n) is 3.51. The van der Waals surface area contributed by atoms with Crippen molar-refractivity contribution in [3.8, 4) is 0 Å². The Bertz CT molecular complexity index is 501. The van der Waals surface area contributed by atoms with Crippen molar-refractivity contribution in [3.63, 3.8) is 0 Å². The Balaban J connectivity index is 2.83. The first-order valence-corrected chi connectivity index (χ1v) is 8.36. The Labute approximate surface area is 117 Å². The third-order valence-corrected chi connectivity index (χ3v) is 5.24. The van der Waals surface area contributed by atoms with Crippen LogP contribution in [-0.2, 0) is 9.84 Å². The topological polar surface area (TPSA) is 60.2 Å². The lowest BCUT2D eigenvalue weighted by Gasteiger charge is -2.21. The number of nitrogens with two attached hydrogens (primary N) is 1. The molecular weight excluding hydrogens is 258 g/mol. The lowest BCUT2D eigenvalue weighted by atomic mass is 9.91. The van der Waals surface area contributed by atoms with Gasteiger partial charge in [0.15, 0.2) is 9.84 Å². The molecule has 0 spiro atoms. The van der Waals surface area contributed by atoms with E-state index in [1.807, 2.05) is 26.0 Å².